The fourth-order valence-electron chi connectivity index (χ4n) is 3.22. The maximum absolute atomic E-state index is 12.7. The van der Waals surface area contributed by atoms with E-state index in [9.17, 15) is 18.3 Å². The zero-order chi connectivity index (χ0) is 11.9. The van der Waals surface area contributed by atoms with E-state index in [-0.39, 0.29) is 43.3 Å². The highest BCUT2D eigenvalue weighted by Crippen LogP contribution is 2.48. The maximum Gasteiger partial charge on any atom is 0.391 e. The fourth-order valence-corrected chi connectivity index (χ4v) is 3.22. The van der Waals surface area contributed by atoms with Crippen LogP contribution in [0.5, 0.6) is 0 Å². The van der Waals surface area contributed by atoms with Crippen molar-refractivity contribution in [3.8, 4) is 0 Å². The van der Waals surface area contributed by atoms with Crippen LogP contribution in [0.15, 0.2) is 0 Å². The molecule has 1 saturated carbocycles. The van der Waals surface area contributed by atoms with E-state index in [1.54, 1.807) is 0 Å². The largest absolute Gasteiger partial charge is 0.396 e. The summed E-state index contributed by atoms with van der Waals surface area (Å²) in [6.07, 6.45) is -4.36. The number of aliphatic hydroxyl groups is 1. The Morgan fingerprint density at radius 3 is 2.56 bits per heavy atom. The van der Waals surface area contributed by atoms with Crippen molar-refractivity contribution in [1.29, 1.82) is 0 Å². The number of fused-ring (bicyclic) bond motifs is 1. The van der Waals surface area contributed by atoms with E-state index in [0.29, 0.717) is 6.61 Å². The number of rotatable bonds is 1. The van der Waals surface area contributed by atoms with Gasteiger partial charge in [0.15, 0.2) is 0 Å². The summed E-state index contributed by atoms with van der Waals surface area (Å²) < 4.78 is 43.4. The average molecular weight is 238 g/mol. The standard InChI is InChI=1S/C11H17F3O2/c1-6-5-16-9-3-8(11(12,13)14)2-7(4-15)10(6)9/h6-10,15H,2-5H2,1H3/t6-,7+,8+,9-,10-/m1/s1. The normalized spacial score (nSPS) is 44.4. The van der Waals surface area contributed by atoms with Gasteiger partial charge in [0.1, 0.15) is 0 Å². The van der Waals surface area contributed by atoms with Crippen molar-refractivity contribution in [3.05, 3.63) is 0 Å². The molecule has 1 aliphatic heterocycles. The first-order valence-corrected chi connectivity index (χ1v) is 5.72. The Labute approximate surface area is 92.8 Å². The molecule has 0 aromatic heterocycles. The molecule has 1 saturated heterocycles. The molecule has 94 valence electrons. The Morgan fingerprint density at radius 2 is 2.00 bits per heavy atom. The highest BCUT2D eigenvalue weighted by molar-refractivity contribution is 4.94. The Hall–Kier alpha value is -0.290. The highest BCUT2D eigenvalue weighted by Gasteiger charge is 2.52. The molecule has 0 aromatic rings. The summed E-state index contributed by atoms with van der Waals surface area (Å²) in [5.74, 6) is -1.21. The molecule has 2 rings (SSSR count). The summed E-state index contributed by atoms with van der Waals surface area (Å²) in [6, 6.07) is 0. The molecule has 0 radical (unpaired) electrons. The summed E-state index contributed by atoms with van der Waals surface area (Å²) in [6.45, 7) is 2.35. The molecule has 1 heterocycles. The monoisotopic (exact) mass is 238 g/mol. The van der Waals surface area contributed by atoms with Crippen molar-refractivity contribution in [2.45, 2.75) is 32.0 Å². The van der Waals surface area contributed by atoms with Crippen molar-refractivity contribution < 1.29 is 23.0 Å². The zero-order valence-corrected chi connectivity index (χ0v) is 9.20. The van der Waals surface area contributed by atoms with Crippen LogP contribution in [0.4, 0.5) is 13.2 Å². The number of alkyl halides is 3. The second kappa shape index (κ2) is 4.18. The van der Waals surface area contributed by atoms with Crippen LogP contribution in [0, 0.1) is 23.7 Å². The van der Waals surface area contributed by atoms with Crippen LogP contribution in [-0.2, 0) is 4.74 Å². The first-order chi connectivity index (χ1) is 7.43. The third-order valence-corrected chi connectivity index (χ3v) is 4.01. The van der Waals surface area contributed by atoms with E-state index >= 15 is 0 Å². The molecule has 2 nitrogen and oxygen atoms in total. The molecule has 2 fully saturated rings. The van der Waals surface area contributed by atoms with Crippen molar-refractivity contribution in [2.24, 2.45) is 23.7 Å². The molecule has 16 heavy (non-hydrogen) atoms. The van der Waals surface area contributed by atoms with Gasteiger partial charge in [-0.25, -0.2) is 0 Å². The molecule has 0 aromatic carbocycles. The van der Waals surface area contributed by atoms with Gasteiger partial charge in [-0.05, 0) is 30.6 Å². The summed E-state index contributed by atoms with van der Waals surface area (Å²) in [4.78, 5) is 0. The third-order valence-electron chi connectivity index (χ3n) is 4.01. The lowest BCUT2D eigenvalue weighted by Gasteiger charge is -2.38. The molecule has 1 aliphatic carbocycles. The number of hydrogen-bond acceptors (Lipinski definition) is 2. The molecule has 0 bridgehead atoms. The lowest BCUT2D eigenvalue weighted by molar-refractivity contribution is -0.200. The Morgan fingerprint density at radius 1 is 1.31 bits per heavy atom. The average Bonchev–Trinajstić information content (AvgIpc) is 2.58. The predicted octanol–water partition coefficient (Wildman–Crippen LogP) is 2.22. The second-order valence-corrected chi connectivity index (χ2v) is 5.08. The molecule has 0 unspecified atom stereocenters. The van der Waals surface area contributed by atoms with Crippen molar-refractivity contribution in [3.63, 3.8) is 0 Å². The first kappa shape index (κ1) is 12.2. The molecule has 5 atom stereocenters. The van der Waals surface area contributed by atoms with Gasteiger partial charge < -0.3 is 9.84 Å². The van der Waals surface area contributed by atoms with Crippen LogP contribution in [0.1, 0.15) is 19.8 Å². The van der Waals surface area contributed by atoms with Gasteiger partial charge in [-0.15, -0.1) is 0 Å². The number of ether oxygens (including phenoxy) is 1. The topological polar surface area (TPSA) is 29.5 Å². The van der Waals surface area contributed by atoms with Crippen molar-refractivity contribution in [2.75, 3.05) is 13.2 Å². The van der Waals surface area contributed by atoms with Gasteiger partial charge >= 0.3 is 6.18 Å². The summed E-state index contributed by atoms with van der Waals surface area (Å²) in [5, 5.41) is 9.22. The Bertz CT molecular complexity index is 254. The lowest BCUT2D eigenvalue weighted by Crippen LogP contribution is -2.42. The van der Waals surface area contributed by atoms with Gasteiger partial charge in [-0.2, -0.15) is 13.2 Å². The van der Waals surface area contributed by atoms with Crippen molar-refractivity contribution in [1.82, 2.24) is 0 Å². The van der Waals surface area contributed by atoms with Crippen LogP contribution in [0.3, 0.4) is 0 Å². The number of hydrogen-bond donors (Lipinski definition) is 1. The van der Waals surface area contributed by atoms with Gasteiger partial charge in [-0.3, -0.25) is 0 Å². The minimum absolute atomic E-state index is 0.0505. The summed E-state index contributed by atoms with van der Waals surface area (Å²) in [7, 11) is 0. The smallest absolute Gasteiger partial charge is 0.391 e. The SMILES string of the molecule is C[C@@H]1CO[C@@H]2C[C@@H](C(F)(F)F)C[C@@H](CO)[C@@H]12. The van der Waals surface area contributed by atoms with E-state index in [1.807, 2.05) is 6.92 Å². The van der Waals surface area contributed by atoms with Crippen LogP contribution >= 0.6 is 0 Å². The molecule has 0 amide bonds. The molecule has 1 N–H and O–H groups in total. The third kappa shape index (κ3) is 2.07. The predicted molar refractivity (Wildman–Crippen MR) is 51.7 cm³/mol. The van der Waals surface area contributed by atoms with E-state index < -0.39 is 12.1 Å². The minimum atomic E-state index is -4.16. The minimum Gasteiger partial charge on any atom is -0.396 e. The molecule has 5 heteroatoms. The Balaban J connectivity index is 2.12. The Kier molecular flexibility index (Phi) is 3.18. The second-order valence-electron chi connectivity index (χ2n) is 5.08. The molecular weight excluding hydrogens is 221 g/mol. The van der Waals surface area contributed by atoms with E-state index in [0.717, 1.165) is 0 Å². The zero-order valence-electron chi connectivity index (χ0n) is 9.20. The number of aliphatic hydroxyl groups excluding tert-OH is 1. The lowest BCUT2D eigenvalue weighted by atomic mass is 9.69. The molecular formula is C11H17F3O2. The van der Waals surface area contributed by atoms with E-state index in [1.165, 1.54) is 0 Å². The van der Waals surface area contributed by atoms with Crippen LogP contribution in [-0.4, -0.2) is 30.6 Å². The molecule has 0 spiro atoms. The van der Waals surface area contributed by atoms with Gasteiger partial charge in [0.25, 0.3) is 0 Å². The van der Waals surface area contributed by atoms with E-state index in [2.05, 4.69) is 0 Å². The van der Waals surface area contributed by atoms with Crippen LogP contribution < -0.4 is 0 Å². The van der Waals surface area contributed by atoms with Gasteiger partial charge in [0.05, 0.1) is 12.0 Å². The summed E-state index contributed by atoms with van der Waals surface area (Å²) >= 11 is 0. The van der Waals surface area contributed by atoms with Crippen molar-refractivity contribution >= 4 is 0 Å². The summed E-state index contributed by atoms with van der Waals surface area (Å²) in [5.41, 5.74) is 0. The molecule has 2 aliphatic rings. The van der Waals surface area contributed by atoms with Crippen LogP contribution in [0.25, 0.3) is 0 Å². The van der Waals surface area contributed by atoms with Crippen LogP contribution in [0.2, 0.25) is 0 Å². The van der Waals surface area contributed by atoms with E-state index in [4.69, 9.17) is 4.74 Å². The number of halogens is 3. The van der Waals surface area contributed by atoms with Gasteiger partial charge in [0, 0.05) is 13.2 Å². The fraction of sp³-hybridized carbons (Fsp3) is 1.00. The van der Waals surface area contributed by atoms with Gasteiger partial charge in [0.2, 0.25) is 0 Å². The van der Waals surface area contributed by atoms with Gasteiger partial charge in [-0.1, -0.05) is 6.92 Å². The first-order valence-electron chi connectivity index (χ1n) is 5.72. The quantitative estimate of drug-likeness (QED) is 0.759. The highest BCUT2D eigenvalue weighted by atomic mass is 19.4. The maximum atomic E-state index is 12.7.